The van der Waals surface area contributed by atoms with Crippen molar-refractivity contribution in [2.75, 3.05) is 9.80 Å². The van der Waals surface area contributed by atoms with Crippen LogP contribution in [0.1, 0.15) is 61.1 Å². The molecule has 0 unspecified atom stereocenters. The Morgan fingerprint density at radius 2 is 0.500 bits per heavy atom. The minimum absolute atomic E-state index is 1.02. The van der Waals surface area contributed by atoms with Gasteiger partial charge in [0.25, 0.3) is 0 Å². The van der Waals surface area contributed by atoms with E-state index in [-0.39, 0.29) is 0 Å². The zero-order chi connectivity index (χ0) is 43.6. The molecule has 0 N–H and O–H groups in total. The van der Waals surface area contributed by atoms with Crippen LogP contribution in [0.2, 0.25) is 0 Å². The van der Waals surface area contributed by atoms with Gasteiger partial charge in [-0.1, -0.05) is 161 Å². The molecule has 64 heavy (non-hydrogen) atoms. The highest BCUT2D eigenvalue weighted by molar-refractivity contribution is 5.95. The van der Waals surface area contributed by atoms with Crippen LogP contribution in [0.5, 0.6) is 0 Å². The molecule has 0 radical (unpaired) electrons. The number of benzene rings is 10. The molecule has 10 aromatic carbocycles. The molecule has 0 bridgehead atoms. The van der Waals surface area contributed by atoms with Gasteiger partial charge in [-0.25, -0.2) is 0 Å². The quantitative estimate of drug-likeness (QED) is 0.113. The van der Waals surface area contributed by atoms with E-state index in [9.17, 15) is 0 Å². The van der Waals surface area contributed by atoms with Gasteiger partial charge >= 0.3 is 0 Å². The lowest BCUT2D eigenvalue weighted by Gasteiger charge is -2.26. The predicted octanol–water partition coefficient (Wildman–Crippen LogP) is 17.7. The van der Waals surface area contributed by atoms with Crippen LogP contribution >= 0.6 is 0 Å². The first kappa shape index (κ1) is 40.6. The Balaban J connectivity index is 0.958. The van der Waals surface area contributed by atoms with Gasteiger partial charge in [0.15, 0.2) is 0 Å². The Labute approximate surface area is 378 Å². The normalized spacial score (nSPS) is 11.6. The average Bonchev–Trinajstić information content (AvgIpc) is 3.35. The van der Waals surface area contributed by atoms with Crippen molar-refractivity contribution in [2.24, 2.45) is 0 Å². The fraction of sp³-hybridized carbons (Fsp3) is 0.129. The van der Waals surface area contributed by atoms with Crippen LogP contribution in [0.15, 0.2) is 194 Å². The molecular weight excluding hydrogens is 773 g/mol. The summed E-state index contributed by atoms with van der Waals surface area (Å²) in [4.78, 5) is 4.77. The van der Waals surface area contributed by atoms with E-state index in [2.05, 4.69) is 244 Å². The predicted molar refractivity (Wildman–Crippen MR) is 279 cm³/mol. The summed E-state index contributed by atoms with van der Waals surface area (Å²) in [7, 11) is 0. The average molecular weight is 827 g/mol. The van der Waals surface area contributed by atoms with Crippen LogP contribution in [0.4, 0.5) is 34.1 Å². The summed E-state index contributed by atoms with van der Waals surface area (Å²) in [6.45, 7) is 8.87. The zero-order valence-electron chi connectivity index (χ0n) is 37.4. The molecule has 0 aliphatic heterocycles. The number of anilines is 6. The molecule has 0 aliphatic carbocycles. The van der Waals surface area contributed by atoms with Gasteiger partial charge in [0.2, 0.25) is 0 Å². The minimum Gasteiger partial charge on any atom is -0.310 e. The summed E-state index contributed by atoms with van der Waals surface area (Å²) in [5, 5.41) is 10.1. The lowest BCUT2D eigenvalue weighted by atomic mass is 10.0. The molecule has 0 heterocycles. The Morgan fingerprint density at radius 1 is 0.250 bits per heavy atom. The number of nitrogens with zero attached hydrogens (tertiary/aromatic N) is 2. The molecular formula is C62H54N2. The number of hydrogen-bond donors (Lipinski definition) is 0. The van der Waals surface area contributed by atoms with Gasteiger partial charge < -0.3 is 9.80 Å². The monoisotopic (exact) mass is 826 g/mol. The van der Waals surface area contributed by atoms with Crippen molar-refractivity contribution in [1.29, 1.82) is 0 Å². The Bertz CT molecular complexity index is 3230. The summed E-state index contributed by atoms with van der Waals surface area (Å²) in [6.07, 6.45) is 8.54. The van der Waals surface area contributed by atoms with E-state index in [1.165, 1.54) is 65.3 Å². The molecule has 2 nitrogen and oxygen atoms in total. The maximum absolute atomic E-state index is 2.39. The van der Waals surface area contributed by atoms with Crippen molar-refractivity contribution in [1.82, 2.24) is 0 Å². The van der Waals surface area contributed by atoms with Crippen molar-refractivity contribution in [3.05, 3.63) is 228 Å². The maximum Gasteiger partial charge on any atom is 0.0468 e. The second-order valence-electron chi connectivity index (χ2n) is 17.1. The first-order chi connectivity index (χ1) is 31.4. The third kappa shape index (κ3) is 8.28. The van der Waals surface area contributed by atoms with Gasteiger partial charge in [0.05, 0.1) is 0 Å². The minimum atomic E-state index is 1.02. The highest BCUT2D eigenvalue weighted by atomic mass is 15.1. The number of rotatable bonds is 12. The lowest BCUT2D eigenvalue weighted by molar-refractivity contribution is 1.15. The fourth-order valence-electron chi connectivity index (χ4n) is 9.12. The molecule has 0 atom stereocenters. The molecule has 0 saturated carbocycles. The van der Waals surface area contributed by atoms with Crippen LogP contribution in [-0.2, 0) is 25.7 Å². The smallest absolute Gasteiger partial charge is 0.0468 e. The second-order valence-corrected chi connectivity index (χ2v) is 17.1. The van der Waals surface area contributed by atoms with E-state index in [1.54, 1.807) is 0 Å². The van der Waals surface area contributed by atoms with E-state index >= 15 is 0 Å². The van der Waals surface area contributed by atoms with E-state index in [0.29, 0.717) is 0 Å². The summed E-state index contributed by atoms with van der Waals surface area (Å²) >= 11 is 0. The van der Waals surface area contributed by atoms with Gasteiger partial charge in [-0.2, -0.15) is 0 Å². The molecule has 0 spiro atoms. The largest absolute Gasteiger partial charge is 0.310 e. The molecule has 0 fully saturated rings. The Hall–Kier alpha value is -7.42. The third-order valence-corrected chi connectivity index (χ3v) is 13.0. The van der Waals surface area contributed by atoms with Gasteiger partial charge in [-0.3, -0.25) is 0 Å². The van der Waals surface area contributed by atoms with Crippen LogP contribution in [0, 0.1) is 0 Å². The highest BCUT2D eigenvalue weighted by Crippen LogP contribution is 2.40. The maximum atomic E-state index is 2.39. The first-order valence-corrected chi connectivity index (χ1v) is 23.0. The van der Waals surface area contributed by atoms with E-state index in [4.69, 9.17) is 0 Å². The summed E-state index contributed by atoms with van der Waals surface area (Å²) < 4.78 is 0. The molecule has 0 amide bonds. The first-order valence-electron chi connectivity index (χ1n) is 23.0. The van der Waals surface area contributed by atoms with Crippen LogP contribution in [0.3, 0.4) is 0 Å². The van der Waals surface area contributed by atoms with Gasteiger partial charge in [-0.05, 0) is 175 Å². The molecule has 2 heteroatoms. The summed E-state index contributed by atoms with van der Waals surface area (Å²) in [6, 6.07) is 72.6. The van der Waals surface area contributed by atoms with Crippen molar-refractivity contribution in [3.63, 3.8) is 0 Å². The number of aryl methyl sites for hydroxylation is 4. The fourth-order valence-corrected chi connectivity index (χ4v) is 9.12. The Morgan fingerprint density at radius 3 is 0.844 bits per heavy atom. The molecule has 10 aromatic rings. The van der Waals surface area contributed by atoms with Crippen molar-refractivity contribution in [3.8, 4) is 0 Å². The molecule has 312 valence electrons. The van der Waals surface area contributed by atoms with Gasteiger partial charge in [0.1, 0.15) is 0 Å². The summed E-state index contributed by atoms with van der Waals surface area (Å²) in [5.41, 5.74) is 14.5. The zero-order valence-corrected chi connectivity index (χ0v) is 37.4. The van der Waals surface area contributed by atoms with Gasteiger partial charge in [0, 0.05) is 34.1 Å². The topological polar surface area (TPSA) is 6.48 Å². The van der Waals surface area contributed by atoms with Gasteiger partial charge in [-0.15, -0.1) is 0 Å². The van der Waals surface area contributed by atoms with Crippen LogP contribution in [0.25, 0.3) is 55.2 Å². The Kier molecular flexibility index (Phi) is 11.3. The second kappa shape index (κ2) is 17.8. The number of fused-ring (bicyclic) bond motifs is 4. The highest BCUT2D eigenvalue weighted by Gasteiger charge is 2.16. The molecule has 10 rings (SSSR count). The van der Waals surface area contributed by atoms with Crippen molar-refractivity contribution < 1.29 is 0 Å². The lowest BCUT2D eigenvalue weighted by Crippen LogP contribution is -2.10. The van der Waals surface area contributed by atoms with Crippen LogP contribution in [-0.4, -0.2) is 0 Å². The van der Waals surface area contributed by atoms with Crippen molar-refractivity contribution >= 4 is 89.4 Å². The standard InChI is InChI=1S/C62H54N2/c1-5-43-12-20-53-39-59(32-24-50(53)35-43)63(60-33-25-51-36-44(6-2)13-21-54(51)40-60)57-27-15-47(16-28-57)9-10-48-17-29-58(30-18-48)64(61-34-26-52-37-45(7-3)14-22-55(52)41-61)62-31-23-49-19-11-46(8-4)38-56(49)42-62/h9-42H,5-8H2,1-4H3. The van der Waals surface area contributed by atoms with E-state index in [0.717, 1.165) is 70.9 Å². The van der Waals surface area contributed by atoms with E-state index < -0.39 is 0 Å². The molecule has 0 aliphatic rings. The van der Waals surface area contributed by atoms with E-state index in [1.807, 2.05) is 0 Å². The van der Waals surface area contributed by atoms with Crippen molar-refractivity contribution in [2.45, 2.75) is 53.4 Å². The molecule has 0 aromatic heterocycles. The SMILES string of the molecule is CCc1ccc2cc(N(c3ccc(C=Cc4ccc(N(c5ccc6cc(CC)ccc6c5)c5ccc6ccc(CC)cc6c5)cc4)cc3)c3ccc4cc(CC)ccc4c3)ccc2c1. The van der Waals surface area contributed by atoms with Crippen LogP contribution < -0.4 is 9.80 Å². The third-order valence-electron chi connectivity index (χ3n) is 13.0. The summed E-state index contributed by atoms with van der Waals surface area (Å²) in [5.74, 6) is 0. The molecule has 0 saturated heterocycles. The number of hydrogen-bond acceptors (Lipinski definition) is 2.